The average molecular weight is 210 g/mol. The molecule has 5 heteroatoms. The van der Waals surface area contributed by atoms with Crippen LogP contribution in [0.3, 0.4) is 0 Å². The zero-order valence-electron chi connectivity index (χ0n) is 8.54. The molecule has 0 aromatic carbocycles. The number of piperidine rings is 1. The monoisotopic (exact) mass is 210 g/mol. The van der Waals surface area contributed by atoms with Crippen LogP contribution in [0.1, 0.15) is 12.8 Å². The first-order valence-electron chi connectivity index (χ1n) is 5.27. The quantitative estimate of drug-likeness (QED) is 0.782. The van der Waals surface area contributed by atoms with Gasteiger partial charge in [0.1, 0.15) is 0 Å². The second-order valence-corrected chi connectivity index (χ2v) is 3.82. The van der Waals surface area contributed by atoms with Crippen LogP contribution in [-0.2, 0) is 0 Å². The van der Waals surface area contributed by atoms with Crippen molar-refractivity contribution in [2.75, 3.05) is 25.0 Å². The number of nitrogens with zero attached hydrogens (tertiary/aromatic N) is 2. The molecule has 1 fully saturated rings. The van der Waals surface area contributed by atoms with Crippen LogP contribution in [0.4, 0.5) is 10.3 Å². The van der Waals surface area contributed by atoms with E-state index < -0.39 is 5.82 Å². The minimum atomic E-state index is -0.403. The van der Waals surface area contributed by atoms with Gasteiger partial charge in [0.15, 0.2) is 5.82 Å². The van der Waals surface area contributed by atoms with E-state index in [1.807, 2.05) is 0 Å². The maximum Gasteiger partial charge on any atom is 0.222 e. The molecule has 2 N–H and O–H groups in total. The number of rotatable bonds is 3. The first-order valence-corrected chi connectivity index (χ1v) is 5.27. The third-order valence-electron chi connectivity index (χ3n) is 2.57. The maximum absolute atomic E-state index is 12.5. The number of aromatic nitrogens is 2. The largest absolute Gasteiger partial charge is 0.354 e. The van der Waals surface area contributed by atoms with E-state index in [9.17, 15) is 4.39 Å². The lowest BCUT2D eigenvalue weighted by Gasteiger charge is -2.22. The molecule has 0 radical (unpaired) electrons. The number of hydrogen-bond acceptors (Lipinski definition) is 4. The summed E-state index contributed by atoms with van der Waals surface area (Å²) in [6, 6.07) is 0. The first-order chi connectivity index (χ1) is 7.34. The molecule has 0 aliphatic carbocycles. The Balaban J connectivity index is 1.79. The minimum Gasteiger partial charge on any atom is -0.354 e. The van der Waals surface area contributed by atoms with Gasteiger partial charge in [0, 0.05) is 6.54 Å². The van der Waals surface area contributed by atoms with Crippen molar-refractivity contribution >= 4 is 5.95 Å². The molecule has 1 atom stereocenters. The van der Waals surface area contributed by atoms with Gasteiger partial charge in [-0.3, -0.25) is 0 Å². The zero-order valence-corrected chi connectivity index (χ0v) is 8.54. The predicted octanol–water partition coefficient (Wildman–Crippen LogP) is 1.03. The highest BCUT2D eigenvalue weighted by Gasteiger charge is 2.12. The molecule has 1 saturated heterocycles. The van der Waals surface area contributed by atoms with Crippen LogP contribution in [0.15, 0.2) is 12.4 Å². The lowest BCUT2D eigenvalue weighted by Crippen LogP contribution is -2.33. The average Bonchev–Trinajstić information content (AvgIpc) is 2.30. The van der Waals surface area contributed by atoms with Crippen LogP contribution in [0.5, 0.6) is 0 Å². The fourth-order valence-corrected chi connectivity index (χ4v) is 1.74. The van der Waals surface area contributed by atoms with Crippen LogP contribution in [0.2, 0.25) is 0 Å². The van der Waals surface area contributed by atoms with Gasteiger partial charge >= 0.3 is 0 Å². The molecule has 1 aliphatic heterocycles. The Morgan fingerprint density at radius 1 is 1.47 bits per heavy atom. The molecule has 0 spiro atoms. The summed E-state index contributed by atoms with van der Waals surface area (Å²) in [4.78, 5) is 7.69. The maximum atomic E-state index is 12.5. The molecule has 82 valence electrons. The van der Waals surface area contributed by atoms with E-state index in [4.69, 9.17) is 0 Å². The van der Waals surface area contributed by atoms with Crippen molar-refractivity contribution in [3.8, 4) is 0 Å². The molecule has 15 heavy (non-hydrogen) atoms. The van der Waals surface area contributed by atoms with Gasteiger partial charge in [-0.15, -0.1) is 0 Å². The van der Waals surface area contributed by atoms with Crippen molar-refractivity contribution in [2.45, 2.75) is 12.8 Å². The Hall–Kier alpha value is -1.23. The van der Waals surface area contributed by atoms with Crippen LogP contribution < -0.4 is 10.6 Å². The normalized spacial score (nSPS) is 21.3. The van der Waals surface area contributed by atoms with E-state index in [-0.39, 0.29) is 0 Å². The third-order valence-corrected chi connectivity index (χ3v) is 2.57. The minimum absolute atomic E-state index is 0.403. The smallest absolute Gasteiger partial charge is 0.222 e. The summed E-state index contributed by atoms with van der Waals surface area (Å²) in [7, 11) is 0. The lowest BCUT2D eigenvalue weighted by atomic mass is 10.00. The molecule has 0 bridgehead atoms. The molecule has 0 unspecified atom stereocenters. The lowest BCUT2D eigenvalue weighted by molar-refractivity contribution is 0.392. The zero-order chi connectivity index (χ0) is 10.5. The Kier molecular flexibility index (Phi) is 3.45. The molecule has 0 amide bonds. The molecule has 1 aromatic heterocycles. The van der Waals surface area contributed by atoms with Crippen LogP contribution in [-0.4, -0.2) is 29.6 Å². The van der Waals surface area contributed by atoms with Gasteiger partial charge in [0.2, 0.25) is 5.95 Å². The standard InChI is InChI=1S/C10H15FN4/c11-9-6-14-10(15-7-9)13-5-8-2-1-3-12-4-8/h6-8,12H,1-5H2,(H,13,14,15)/t8-/m1/s1. The fraction of sp³-hybridized carbons (Fsp3) is 0.600. The van der Waals surface area contributed by atoms with Gasteiger partial charge in [-0.2, -0.15) is 0 Å². The van der Waals surface area contributed by atoms with Crippen molar-refractivity contribution in [3.05, 3.63) is 18.2 Å². The SMILES string of the molecule is Fc1cnc(NC[C@@H]2CCCNC2)nc1. The fourth-order valence-electron chi connectivity index (χ4n) is 1.74. The highest BCUT2D eigenvalue weighted by Crippen LogP contribution is 2.10. The first kappa shape index (κ1) is 10.3. The summed E-state index contributed by atoms with van der Waals surface area (Å²) < 4.78 is 12.5. The van der Waals surface area contributed by atoms with Gasteiger partial charge < -0.3 is 10.6 Å². The van der Waals surface area contributed by atoms with Gasteiger partial charge in [0.25, 0.3) is 0 Å². The second kappa shape index (κ2) is 5.02. The van der Waals surface area contributed by atoms with Crippen molar-refractivity contribution in [1.29, 1.82) is 0 Å². The van der Waals surface area contributed by atoms with Crippen molar-refractivity contribution < 1.29 is 4.39 Å². The van der Waals surface area contributed by atoms with Gasteiger partial charge in [-0.1, -0.05) is 0 Å². The molecular formula is C10H15FN4. The van der Waals surface area contributed by atoms with Crippen molar-refractivity contribution in [3.63, 3.8) is 0 Å². The van der Waals surface area contributed by atoms with E-state index in [0.717, 1.165) is 19.6 Å². The number of halogens is 1. The Morgan fingerprint density at radius 3 is 2.93 bits per heavy atom. The number of nitrogens with one attached hydrogen (secondary N) is 2. The van der Waals surface area contributed by atoms with Gasteiger partial charge in [-0.25, -0.2) is 14.4 Å². The highest BCUT2D eigenvalue weighted by atomic mass is 19.1. The van der Waals surface area contributed by atoms with E-state index in [2.05, 4.69) is 20.6 Å². The van der Waals surface area contributed by atoms with Crippen LogP contribution in [0, 0.1) is 11.7 Å². The Morgan fingerprint density at radius 2 is 2.27 bits per heavy atom. The summed E-state index contributed by atoms with van der Waals surface area (Å²) in [5, 5.41) is 6.45. The molecule has 1 aromatic rings. The molecule has 1 aliphatic rings. The molecule has 0 saturated carbocycles. The summed E-state index contributed by atoms with van der Waals surface area (Å²) in [6.45, 7) is 3.00. The van der Waals surface area contributed by atoms with Crippen molar-refractivity contribution in [2.24, 2.45) is 5.92 Å². The van der Waals surface area contributed by atoms with E-state index >= 15 is 0 Å². The van der Waals surface area contributed by atoms with Gasteiger partial charge in [0.05, 0.1) is 12.4 Å². The summed E-state index contributed by atoms with van der Waals surface area (Å²) in [5.74, 6) is 0.717. The highest BCUT2D eigenvalue weighted by molar-refractivity contribution is 5.22. The molecule has 4 nitrogen and oxygen atoms in total. The van der Waals surface area contributed by atoms with E-state index in [1.165, 1.54) is 25.2 Å². The van der Waals surface area contributed by atoms with Crippen molar-refractivity contribution in [1.82, 2.24) is 15.3 Å². The Bertz CT molecular complexity index is 295. The van der Waals surface area contributed by atoms with Crippen LogP contribution in [0.25, 0.3) is 0 Å². The molecule has 2 rings (SSSR count). The Labute approximate surface area is 88.3 Å². The summed E-state index contributed by atoms with van der Waals surface area (Å²) in [6.07, 6.45) is 4.79. The predicted molar refractivity (Wildman–Crippen MR) is 56.1 cm³/mol. The van der Waals surface area contributed by atoms with Crippen LogP contribution >= 0.6 is 0 Å². The van der Waals surface area contributed by atoms with E-state index in [0.29, 0.717) is 11.9 Å². The number of anilines is 1. The summed E-state index contributed by atoms with van der Waals surface area (Å²) in [5.41, 5.74) is 0. The molecular weight excluding hydrogens is 195 g/mol. The summed E-state index contributed by atoms with van der Waals surface area (Å²) >= 11 is 0. The van der Waals surface area contributed by atoms with Gasteiger partial charge in [-0.05, 0) is 31.8 Å². The molecule has 2 heterocycles. The number of hydrogen-bond donors (Lipinski definition) is 2. The third kappa shape index (κ3) is 3.13. The van der Waals surface area contributed by atoms with E-state index in [1.54, 1.807) is 0 Å². The topological polar surface area (TPSA) is 49.8 Å². The second-order valence-electron chi connectivity index (χ2n) is 3.82.